The first-order chi connectivity index (χ1) is 14.2. The number of anilines is 1. The van der Waals surface area contributed by atoms with Crippen LogP contribution in [0.3, 0.4) is 0 Å². The fourth-order valence-corrected chi connectivity index (χ4v) is 3.98. The third kappa shape index (κ3) is 4.82. The lowest BCUT2D eigenvalue weighted by molar-refractivity contribution is -0.126. The van der Waals surface area contributed by atoms with Gasteiger partial charge in [0.1, 0.15) is 0 Å². The van der Waals surface area contributed by atoms with E-state index < -0.39 is 0 Å². The summed E-state index contributed by atoms with van der Waals surface area (Å²) in [5.41, 5.74) is 2.15. The van der Waals surface area contributed by atoms with Crippen LogP contribution in [0.4, 0.5) is 5.95 Å². The standard InChI is InChI=1S/C23H23BrN4O/c24-20-9-7-18(8-10-20)21(17-5-2-1-3-6-17)27-22(29)19-11-15-28(16-12-19)23-25-13-4-14-26-23/h1-10,13-14,19,21H,11-12,15-16H2,(H,27,29). The zero-order valence-electron chi connectivity index (χ0n) is 16.0. The van der Waals surface area contributed by atoms with Crippen molar-refractivity contribution in [3.8, 4) is 0 Å². The monoisotopic (exact) mass is 450 g/mol. The lowest BCUT2D eigenvalue weighted by atomic mass is 9.93. The van der Waals surface area contributed by atoms with Crippen LogP contribution in [0.15, 0.2) is 77.5 Å². The molecule has 148 valence electrons. The van der Waals surface area contributed by atoms with Gasteiger partial charge >= 0.3 is 0 Å². The molecule has 4 rings (SSSR count). The summed E-state index contributed by atoms with van der Waals surface area (Å²) in [5, 5.41) is 3.29. The van der Waals surface area contributed by atoms with Gasteiger partial charge in [-0.1, -0.05) is 58.4 Å². The number of hydrogen-bond acceptors (Lipinski definition) is 4. The third-order valence-corrected chi connectivity index (χ3v) is 5.85. The quantitative estimate of drug-likeness (QED) is 0.627. The van der Waals surface area contributed by atoms with E-state index in [0.29, 0.717) is 0 Å². The van der Waals surface area contributed by atoms with Gasteiger partial charge in [-0.2, -0.15) is 0 Å². The first-order valence-corrected chi connectivity index (χ1v) is 10.6. The molecular formula is C23H23BrN4O. The molecule has 1 saturated heterocycles. The molecule has 1 aliphatic rings. The van der Waals surface area contributed by atoms with Gasteiger partial charge in [0.15, 0.2) is 0 Å². The number of benzene rings is 2. The molecule has 1 fully saturated rings. The second-order valence-electron chi connectivity index (χ2n) is 7.21. The summed E-state index contributed by atoms with van der Waals surface area (Å²) < 4.78 is 1.02. The highest BCUT2D eigenvalue weighted by molar-refractivity contribution is 9.10. The number of carbonyl (C=O) groups is 1. The van der Waals surface area contributed by atoms with Gasteiger partial charge in [0.05, 0.1) is 6.04 Å². The predicted molar refractivity (Wildman–Crippen MR) is 118 cm³/mol. The summed E-state index contributed by atoms with van der Waals surface area (Å²) in [4.78, 5) is 23.9. The van der Waals surface area contributed by atoms with E-state index in [4.69, 9.17) is 0 Å². The maximum atomic E-state index is 13.1. The Balaban J connectivity index is 1.45. The summed E-state index contributed by atoms with van der Waals surface area (Å²) in [6.45, 7) is 1.58. The van der Waals surface area contributed by atoms with E-state index in [2.05, 4.69) is 60.4 Å². The van der Waals surface area contributed by atoms with E-state index in [0.717, 1.165) is 47.5 Å². The SMILES string of the molecule is O=C(NC(c1ccccc1)c1ccc(Br)cc1)C1CCN(c2ncccn2)CC1. The molecule has 2 heterocycles. The van der Waals surface area contributed by atoms with Crippen LogP contribution in [0.1, 0.15) is 30.0 Å². The number of aromatic nitrogens is 2. The summed E-state index contributed by atoms with van der Waals surface area (Å²) in [6.07, 6.45) is 5.10. The third-order valence-electron chi connectivity index (χ3n) is 5.32. The Morgan fingerprint density at radius 1 is 0.931 bits per heavy atom. The Labute approximate surface area is 179 Å². The smallest absolute Gasteiger partial charge is 0.225 e. The first-order valence-electron chi connectivity index (χ1n) is 9.83. The van der Waals surface area contributed by atoms with Gasteiger partial charge in [-0.05, 0) is 42.2 Å². The Morgan fingerprint density at radius 3 is 2.21 bits per heavy atom. The lowest BCUT2D eigenvalue weighted by Gasteiger charge is -2.32. The minimum atomic E-state index is -0.160. The van der Waals surface area contributed by atoms with E-state index in [9.17, 15) is 4.79 Å². The van der Waals surface area contributed by atoms with Crippen LogP contribution < -0.4 is 10.2 Å². The van der Waals surface area contributed by atoms with E-state index in [1.807, 2.05) is 36.4 Å². The fraction of sp³-hybridized carbons (Fsp3) is 0.261. The first kappa shape index (κ1) is 19.6. The van der Waals surface area contributed by atoms with Crippen molar-refractivity contribution in [3.63, 3.8) is 0 Å². The van der Waals surface area contributed by atoms with Crippen LogP contribution in [0.5, 0.6) is 0 Å². The number of halogens is 1. The van der Waals surface area contributed by atoms with Gasteiger partial charge in [-0.25, -0.2) is 9.97 Å². The van der Waals surface area contributed by atoms with Crippen molar-refractivity contribution < 1.29 is 4.79 Å². The van der Waals surface area contributed by atoms with Crippen molar-refractivity contribution in [1.29, 1.82) is 0 Å². The Hall–Kier alpha value is -2.73. The van der Waals surface area contributed by atoms with Crippen molar-refractivity contribution in [2.24, 2.45) is 5.92 Å². The molecule has 0 spiro atoms. The van der Waals surface area contributed by atoms with Gasteiger partial charge in [0.25, 0.3) is 0 Å². The minimum Gasteiger partial charge on any atom is -0.345 e. The highest BCUT2D eigenvalue weighted by atomic mass is 79.9. The highest BCUT2D eigenvalue weighted by Crippen LogP contribution is 2.26. The largest absolute Gasteiger partial charge is 0.345 e. The number of hydrogen-bond donors (Lipinski definition) is 1. The van der Waals surface area contributed by atoms with Crippen LogP contribution in [0, 0.1) is 5.92 Å². The minimum absolute atomic E-state index is 0.00313. The van der Waals surface area contributed by atoms with E-state index in [1.165, 1.54) is 0 Å². The summed E-state index contributed by atoms with van der Waals surface area (Å²) in [5.74, 6) is 0.843. The molecule has 1 amide bonds. The molecule has 1 aromatic heterocycles. The highest BCUT2D eigenvalue weighted by Gasteiger charge is 2.28. The average Bonchev–Trinajstić information content (AvgIpc) is 2.79. The predicted octanol–water partition coefficient (Wildman–Crippen LogP) is 4.36. The summed E-state index contributed by atoms with van der Waals surface area (Å²) in [7, 11) is 0. The normalized spacial score (nSPS) is 15.7. The van der Waals surface area contributed by atoms with Gasteiger partial charge < -0.3 is 10.2 Å². The lowest BCUT2D eigenvalue weighted by Crippen LogP contribution is -2.42. The zero-order valence-corrected chi connectivity index (χ0v) is 17.6. The summed E-state index contributed by atoms with van der Waals surface area (Å²) in [6, 6.07) is 19.9. The van der Waals surface area contributed by atoms with Gasteiger partial charge in [0.2, 0.25) is 11.9 Å². The molecule has 5 nitrogen and oxygen atoms in total. The Bertz CT molecular complexity index is 926. The molecule has 3 aromatic rings. The van der Waals surface area contributed by atoms with Gasteiger partial charge in [-0.3, -0.25) is 4.79 Å². The van der Waals surface area contributed by atoms with Gasteiger partial charge in [0, 0.05) is 35.9 Å². The number of nitrogens with zero attached hydrogens (tertiary/aromatic N) is 3. The van der Waals surface area contributed by atoms with Crippen LogP contribution in [-0.4, -0.2) is 29.0 Å². The molecule has 1 aliphatic heterocycles. The zero-order chi connectivity index (χ0) is 20.1. The molecule has 0 radical (unpaired) electrons. The van der Waals surface area contributed by atoms with Crippen molar-refractivity contribution in [3.05, 3.63) is 88.7 Å². The van der Waals surface area contributed by atoms with Crippen molar-refractivity contribution in [2.75, 3.05) is 18.0 Å². The molecular weight excluding hydrogens is 428 g/mol. The molecule has 0 aliphatic carbocycles. The van der Waals surface area contributed by atoms with Crippen molar-refractivity contribution >= 4 is 27.8 Å². The van der Waals surface area contributed by atoms with E-state index in [1.54, 1.807) is 12.4 Å². The number of nitrogens with one attached hydrogen (secondary N) is 1. The van der Waals surface area contributed by atoms with E-state index in [-0.39, 0.29) is 17.9 Å². The second kappa shape index (κ2) is 9.18. The number of piperidine rings is 1. The maximum absolute atomic E-state index is 13.1. The molecule has 0 bridgehead atoms. The number of carbonyl (C=O) groups excluding carboxylic acids is 1. The molecule has 1 unspecified atom stereocenters. The van der Waals surface area contributed by atoms with Crippen molar-refractivity contribution in [2.45, 2.75) is 18.9 Å². The van der Waals surface area contributed by atoms with Crippen LogP contribution in [0.25, 0.3) is 0 Å². The average molecular weight is 451 g/mol. The Kier molecular flexibility index (Phi) is 6.20. The maximum Gasteiger partial charge on any atom is 0.225 e. The van der Waals surface area contributed by atoms with E-state index >= 15 is 0 Å². The van der Waals surface area contributed by atoms with Crippen LogP contribution in [-0.2, 0) is 4.79 Å². The molecule has 1 N–H and O–H groups in total. The summed E-state index contributed by atoms with van der Waals surface area (Å²) >= 11 is 3.49. The molecule has 6 heteroatoms. The molecule has 29 heavy (non-hydrogen) atoms. The van der Waals surface area contributed by atoms with Gasteiger partial charge in [-0.15, -0.1) is 0 Å². The fourth-order valence-electron chi connectivity index (χ4n) is 3.72. The molecule has 2 aromatic carbocycles. The van der Waals surface area contributed by atoms with Crippen LogP contribution in [0.2, 0.25) is 0 Å². The number of amides is 1. The van der Waals surface area contributed by atoms with Crippen molar-refractivity contribution in [1.82, 2.24) is 15.3 Å². The second-order valence-corrected chi connectivity index (χ2v) is 8.13. The van der Waals surface area contributed by atoms with Crippen LogP contribution >= 0.6 is 15.9 Å². The molecule has 1 atom stereocenters. The number of rotatable bonds is 5. The Morgan fingerprint density at radius 2 is 1.55 bits per heavy atom. The molecule has 0 saturated carbocycles. The topological polar surface area (TPSA) is 58.1 Å².